The van der Waals surface area contributed by atoms with Crippen LogP contribution in [0.15, 0.2) is 0 Å². The molecule has 0 aromatic carbocycles. The molecule has 0 saturated heterocycles. The van der Waals surface area contributed by atoms with Crippen LogP contribution < -0.4 is 5.32 Å². The maximum atomic E-state index is 11.2. The quantitative estimate of drug-likeness (QED) is 0.582. The lowest BCUT2D eigenvalue weighted by Crippen LogP contribution is -2.42. The molecule has 0 aliphatic rings. The van der Waals surface area contributed by atoms with E-state index in [0.29, 0.717) is 12.2 Å². The van der Waals surface area contributed by atoms with Crippen molar-refractivity contribution in [1.82, 2.24) is 5.32 Å². The average molecular weight is 235 g/mol. The van der Waals surface area contributed by atoms with E-state index < -0.39 is 24.0 Å². The van der Waals surface area contributed by atoms with Crippen LogP contribution in [-0.2, 0) is 9.59 Å². The van der Waals surface area contributed by atoms with Crippen LogP contribution in [0.4, 0.5) is 0 Å². The maximum Gasteiger partial charge on any atom is 0.326 e. The minimum Gasteiger partial charge on any atom is -0.480 e. The Bertz CT molecular complexity index is 220. The molecule has 0 aromatic rings. The summed E-state index contributed by atoms with van der Waals surface area (Å²) in [4.78, 5) is 21.9. The molecule has 2 atom stereocenters. The van der Waals surface area contributed by atoms with Gasteiger partial charge in [-0.1, -0.05) is 0 Å². The zero-order chi connectivity index (χ0) is 11.8. The number of rotatable bonds is 7. The smallest absolute Gasteiger partial charge is 0.326 e. The van der Waals surface area contributed by atoms with Crippen molar-refractivity contribution in [3.63, 3.8) is 0 Å². The number of carboxylic acid groups (broad SMARTS) is 1. The summed E-state index contributed by atoms with van der Waals surface area (Å²) in [5.41, 5.74) is 0. The average Bonchev–Trinajstić information content (AvgIpc) is 2.10. The number of aliphatic hydroxyl groups is 1. The van der Waals surface area contributed by atoms with Gasteiger partial charge in [-0.2, -0.15) is 11.8 Å². The highest BCUT2D eigenvalue weighted by atomic mass is 32.2. The van der Waals surface area contributed by atoms with Gasteiger partial charge in [-0.25, -0.2) is 4.79 Å². The summed E-state index contributed by atoms with van der Waals surface area (Å²) in [7, 11) is 0. The standard InChI is InChI=1S/C9H17NO4S/c1-6(11)5-8(12)10-7(9(13)14)3-4-15-2/h6-7,11H,3-5H2,1-2H3,(H,10,12)(H,13,14). The fourth-order valence-electron chi connectivity index (χ4n) is 1.01. The lowest BCUT2D eigenvalue weighted by Gasteiger charge is -2.14. The van der Waals surface area contributed by atoms with E-state index in [4.69, 9.17) is 10.2 Å². The topological polar surface area (TPSA) is 86.6 Å². The van der Waals surface area contributed by atoms with Crippen LogP contribution in [0.2, 0.25) is 0 Å². The van der Waals surface area contributed by atoms with Gasteiger partial charge in [0.1, 0.15) is 6.04 Å². The molecule has 0 heterocycles. The first-order valence-corrected chi connectivity index (χ1v) is 6.06. The van der Waals surface area contributed by atoms with Crippen molar-refractivity contribution < 1.29 is 19.8 Å². The van der Waals surface area contributed by atoms with Gasteiger partial charge < -0.3 is 15.5 Å². The monoisotopic (exact) mass is 235 g/mol. The van der Waals surface area contributed by atoms with Gasteiger partial charge in [0.05, 0.1) is 12.5 Å². The van der Waals surface area contributed by atoms with Crippen LogP contribution in [0.25, 0.3) is 0 Å². The lowest BCUT2D eigenvalue weighted by molar-refractivity contribution is -0.142. The molecular weight excluding hydrogens is 218 g/mol. The number of hydrogen-bond acceptors (Lipinski definition) is 4. The minimum atomic E-state index is -1.04. The number of thioether (sulfide) groups is 1. The van der Waals surface area contributed by atoms with E-state index in [1.807, 2.05) is 6.26 Å². The molecule has 0 aromatic heterocycles. The highest BCUT2D eigenvalue weighted by molar-refractivity contribution is 7.98. The molecule has 0 fully saturated rings. The Balaban J connectivity index is 4.04. The van der Waals surface area contributed by atoms with E-state index in [-0.39, 0.29) is 6.42 Å². The molecule has 0 rings (SSSR count). The highest BCUT2D eigenvalue weighted by Gasteiger charge is 2.19. The Hall–Kier alpha value is -0.750. The first-order chi connectivity index (χ1) is 6.97. The van der Waals surface area contributed by atoms with Crippen LogP contribution in [0.3, 0.4) is 0 Å². The van der Waals surface area contributed by atoms with Crippen molar-refractivity contribution in [2.75, 3.05) is 12.0 Å². The number of aliphatic carboxylic acids is 1. The number of amides is 1. The van der Waals surface area contributed by atoms with Gasteiger partial charge in [-0.15, -0.1) is 0 Å². The molecule has 0 saturated carbocycles. The molecule has 3 N–H and O–H groups in total. The number of hydrogen-bond donors (Lipinski definition) is 3. The third kappa shape index (κ3) is 7.21. The van der Waals surface area contributed by atoms with E-state index in [1.54, 1.807) is 0 Å². The van der Waals surface area contributed by atoms with Crippen molar-refractivity contribution in [2.24, 2.45) is 0 Å². The van der Waals surface area contributed by atoms with Gasteiger partial charge in [0, 0.05) is 0 Å². The van der Waals surface area contributed by atoms with Gasteiger partial charge in [0.2, 0.25) is 5.91 Å². The molecule has 0 aliphatic carbocycles. The number of carboxylic acids is 1. The Kier molecular flexibility index (Phi) is 7.15. The Labute approximate surface area is 93.2 Å². The second-order valence-electron chi connectivity index (χ2n) is 3.29. The Morgan fingerprint density at radius 3 is 2.47 bits per heavy atom. The van der Waals surface area contributed by atoms with Crippen molar-refractivity contribution in [3.8, 4) is 0 Å². The largest absolute Gasteiger partial charge is 0.480 e. The molecule has 15 heavy (non-hydrogen) atoms. The normalized spacial score (nSPS) is 14.3. The predicted octanol–water partition coefficient (Wildman–Crippen LogP) is 0.0798. The molecule has 88 valence electrons. The highest BCUT2D eigenvalue weighted by Crippen LogP contribution is 2.02. The third-order valence-electron chi connectivity index (χ3n) is 1.72. The van der Waals surface area contributed by atoms with Crippen molar-refractivity contribution in [2.45, 2.75) is 31.9 Å². The molecule has 0 spiro atoms. The molecule has 5 nitrogen and oxygen atoms in total. The lowest BCUT2D eigenvalue weighted by atomic mass is 10.2. The zero-order valence-electron chi connectivity index (χ0n) is 8.90. The first kappa shape index (κ1) is 14.2. The molecule has 6 heteroatoms. The van der Waals surface area contributed by atoms with Crippen molar-refractivity contribution in [1.29, 1.82) is 0 Å². The third-order valence-corrected chi connectivity index (χ3v) is 2.37. The second kappa shape index (κ2) is 7.53. The van der Waals surface area contributed by atoms with Gasteiger partial charge >= 0.3 is 5.97 Å². The first-order valence-electron chi connectivity index (χ1n) is 4.66. The number of carbonyl (C=O) groups excluding carboxylic acids is 1. The summed E-state index contributed by atoms with van der Waals surface area (Å²) in [6.07, 6.45) is 1.45. The molecule has 0 radical (unpaired) electrons. The Morgan fingerprint density at radius 1 is 1.47 bits per heavy atom. The van der Waals surface area contributed by atoms with Gasteiger partial charge in [0.25, 0.3) is 0 Å². The Morgan fingerprint density at radius 2 is 2.07 bits per heavy atom. The van der Waals surface area contributed by atoms with E-state index in [1.165, 1.54) is 18.7 Å². The van der Waals surface area contributed by atoms with Crippen LogP contribution in [0.5, 0.6) is 0 Å². The number of carbonyl (C=O) groups is 2. The summed E-state index contributed by atoms with van der Waals surface area (Å²) in [6, 6.07) is -0.858. The van der Waals surface area contributed by atoms with E-state index >= 15 is 0 Å². The maximum absolute atomic E-state index is 11.2. The molecule has 0 aliphatic heterocycles. The molecule has 0 bridgehead atoms. The summed E-state index contributed by atoms with van der Waals surface area (Å²) in [6.45, 7) is 1.48. The fraction of sp³-hybridized carbons (Fsp3) is 0.778. The molecule has 1 amide bonds. The SMILES string of the molecule is CSCCC(NC(=O)CC(C)O)C(=O)O. The summed E-state index contributed by atoms with van der Waals surface area (Å²) < 4.78 is 0. The van der Waals surface area contributed by atoms with E-state index in [2.05, 4.69) is 5.32 Å². The van der Waals surface area contributed by atoms with E-state index in [0.717, 1.165) is 0 Å². The molecular formula is C9H17NO4S. The predicted molar refractivity (Wildman–Crippen MR) is 58.9 cm³/mol. The van der Waals surface area contributed by atoms with Crippen molar-refractivity contribution in [3.05, 3.63) is 0 Å². The summed E-state index contributed by atoms with van der Waals surface area (Å²) in [5, 5.41) is 20.1. The van der Waals surface area contributed by atoms with Gasteiger partial charge in [0.15, 0.2) is 0 Å². The second-order valence-corrected chi connectivity index (χ2v) is 4.28. The van der Waals surface area contributed by atoms with Crippen LogP contribution >= 0.6 is 11.8 Å². The minimum absolute atomic E-state index is 0.0664. The van der Waals surface area contributed by atoms with Crippen molar-refractivity contribution >= 4 is 23.6 Å². The van der Waals surface area contributed by atoms with Crippen LogP contribution in [-0.4, -0.2) is 46.2 Å². The number of nitrogens with one attached hydrogen (secondary N) is 1. The van der Waals surface area contributed by atoms with Crippen LogP contribution in [0.1, 0.15) is 19.8 Å². The number of aliphatic hydroxyl groups excluding tert-OH is 1. The van der Waals surface area contributed by atoms with Gasteiger partial charge in [-0.3, -0.25) is 4.79 Å². The molecule has 2 unspecified atom stereocenters. The summed E-state index contributed by atoms with van der Waals surface area (Å²) in [5.74, 6) is -0.798. The van der Waals surface area contributed by atoms with E-state index in [9.17, 15) is 9.59 Å². The van der Waals surface area contributed by atoms with Gasteiger partial charge in [-0.05, 0) is 25.4 Å². The zero-order valence-corrected chi connectivity index (χ0v) is 9.71. The van der Waals surface area contributed by atoms with Crippen LogP contribution in [0, 0.1) is 0 Å². The fourth-order valence-corrected chi connectivity index (χ4v) is 1.49. The summed E-state index contributed by atoms with van der Waals surface area (Å²) >= 11 is 1.52.